The van der Waals surface area contributed by atoms with Gasteiger partial charge in [0.2, 0.25) is 0 Å². The van der Waals surface area contributed by atoms with Crippen LogP contribution in [0.3, 0.4) is 0 Å². The van der Waals surface area contributed by atoms with Crippen molar-refractivity contribution in [2.45, 2.75) is 6.54 Å². The molecule has 7 nitrogen and oxygen atoms in total. The van der Waals surface area contributed by atoms with Gasteiger partial charge >= 0.3 is 0 Å². The predicted octanol–water partition coefficient (Wildman–Crippen LogP) is 2.92. The third-order valence-corrected chi connectivity index (χ3v) is 5.11. The average Bonchev–Trinajstić information content (AvgIpc) is 2.81. The number of carbonyl (C=O) groups excluding carboxylic acids is 1. The Balaban J connectivity index is 1.34. The highest BCUT2D eigenvalue weighted by atomic mass is 16.1. The molecule has 30 heavy (non-hydrogen) atoms. The molecule has 1 aromatic heterocycles. The molecule has 0 spiro atoms. The van der Waals surface area contributed by atoms with Gasteiger partial charge in [0.1, 0.15) is 17.6 Å². The summed E-state index contributed by atoms with van der Waals surface area (Å²) in [6.45, 7) is 4.57. The van der Waals surface area contributed by atoms with Crippen molar-refractivity contribution in [3.05, 3.63) is 83.8 Å². The van der Waals surface area contributed by atoms with Crippen molar-refractivity contribution in [2.75, 3.05) is 36.4 Å². The number of para-hydroxylation sites is 1. The van der Waals surface area contributed by atoms with E-state index in [2.05, 4.69) is 55.4 Å². The van der Waals surface area contributed by atoms with Gasteiger partial charge in [-0.3, -0.25) is 9.69 Å². The van der Waals surface area contributed by atoms with E-state index in [9.17, 15) is 4.79 Å². The summed E-state index contributed by atoms with van der Waals surface area (Å²) in [5.41, 5.74) is 2.41. The Morgan fingerprint density at radius 2 is 1.70 bits per heavy atom. The molecule has 0 atom stereocenters. The van der Waals surface area contributed by atoms with Gasteiger partial charge in [0.05, 0.1) is 23.6 Å². The Kier molecular flexibility index (Phi) is 5.97. The van der Waals surface area contributed by atoms with E-state index in [0.717, 1.165) is 38.5 Å². The van der Waals surface area contributed by atoms with Crippen LogP contribution in [0.15, 0.2) is 67.0 Å². The van der Waals surface area contributed by atoms with E-state index in [0.29, 0.717) is 11.3 Å². The summed E-state index contributed by atoms with van der Waals surface area (Å²) in [5.74, 6) is 0.382. The number of hydrogen-bond acceptors (Lipinski definition) is 6. The maximum atomic E-state index is 12.4. The van der Waals surface area contributed by atoms with Gasteiger partial charge in [-0.1, -0.05) is 42.5 Å². The number of rotatable bonds is 5. The van der Waals surface area contributed by atoms with Crippen LogP contribution >= 0.6 is 0 Å². The molecule has 1 aliphatic rings. The fourth-order valence-corrected chi connectivity index (χ4v) is 3.45. The number of benzene rings is 2. The standard InChI is InChI=1S/C23H22N6O/c24-14-19-8-4-5-9-20(19)27-23(30)21-15-26-22(16-25-21)29-12-10-28(11-13-29)17-18-6-2-1-3-7-18/h1-9,15-16H,10-13,17H2,(H,27,30). The molecule has 0 bridgehead atoms. The van der Waals surface area contributed by atoms with Crippen molar-refractivity contribution in [1.82, 2.24) is 14.9 Å². The fraction of sp³-hybridized carbons (Fsp3) is 0.217. The third kappa shape index (κ3) is 4.62. The maximum absolute atomic E-state index is 12.4. The Hall–Kier alpha value is -3.76. The molecule has 2 heterocycles. The van der Waals surface area contributed by atoms with Crippen LogP contribution in [-0.4, -0.2) is 47.0 Å². The molecule has 1 aliphatic heterocycles. The van der Waals surface area contributed by atoms with Crippen molar-refractivity contribution in [2.24, 2.45) is 0 Å². The summed E-state index contributed by atoms with van der Waals surface area (Å²) in [5, 5.41) is 11.9. The minimum Gasteiger partial charge on any atom is -0.353 e. The molecule has 150 valence electrons. The Morgan fingerprint density at radius 1 is 0.967 bits per heavy atom. The second-order valence-electron chi connectivity index (χ2n) is 7.12. The minimum absolute atomic E-state index is 0.217. The fourth-order valence-electron chi connectivity index (χ4n) is 3.45. The first kappa shape index (κ1) is 19.6. The maximum Gasteiger partial charge on any atom is 0.275 e. The zero-order valence-corrected chi connectivity index (χ0v) is 16.5. The highest BCUT2D eigenvalue weighted by Gasteiger charge is 2.19. The van der Waals surface area contributed by atoms with E-state index in [4.69, 9.17) is 5.26 Å². The molecule has 0 unspecified atom stereocenters. The topological polar surface area (TPSA) is 85.1 Å². The largest absolute Gasteiger partial charge is 0.353 e. The van der Waals surface area contributed by atoms with E-state index in [1.54, 1.807) is 30.5 Å². The molecule has 3 aromatic rings. The molecule has 0 aliphatic carbocycles. The van der Waals surface area contributed by atoms with Crippen LogP contribution in [0.2, 0.25) is 0 Å². The van der Waals surface area contributed by atoms with E-state index in [1.807, 2.05) is 6.07 Å². The van der Waals surface area contributed by atoms with Crippen molar-refractivity contribution in [3.63, 3.8) is 0 Å². The highest BCUT2D eigenvalue weighted by molar-refractivity contribution is 6.03. The predicted molar refractivity (Wildman–Crippen MR) is 115 cm³/mol. The summed E-state index contributed by atoms with van der Waals surface area (Å²) in [4.78, 5) is 25.8. The van der Waals surface area contributed by atoms with Gasteiger partial charge in [-0.15, -0.1) is 0 Å². The van der Waals surface area contributed by atoms with Crippen molar-refractivity contribution >= 4 is 17.4 Å². The number of aromatic nitrogens is 2. The lowest BCUT2D eigenvalue weighted by molar-refractivity contribution is 0.102. The SMILES string of the molecule is N#Cc1ccccc1NC(=O)c1cnc(N2CCN(Cc3ccccc3)CC2)cn1. The quantitative estimate of drug-likeness (QED) is 0.711. The lowest BCUT2D eigenvalue weighted by Gasteiger charge is -2.35. The summed E-state index contributed by atoms with van der Waals surface area (Å²) >= 11 is 0. The number of nitrogens with zero attached hydrogens (tertiary/aromatic N) is 5. The number of amides is 1. The molecule has 1 N–H and O–H groups in total. The van der Waals surface area contributed by atoms with Crippen LogP contribution in [0.5, 0.6) is 0 Å². The van der Waals surface area contributed by atoms with E-state index in [1.165, 1.54) is 11.8 Å². The monoisotopic (exact) mass is 398 g/mol. The molecule has 7 heteroatoms. The highest BCUT2D eigenvalue weighted by Crippen LogP contribution is 2.16. The van der Waals surface area contributed by atoms with Crippen LogP contribution in [0.1, 0.15) is 21.6 Å². The number of piperazine rings is 1. The van der Waals surface area contributed by atoms with Crippen molar-refractivity contribution in [1.29, 1.82) is 5.26 Å². The van der Waals surface area contributed by atoms with Crippen LogP contribution < -0.4 is 10.2 Å². The Morgan fingerprint density at radius 3 is 2.40 bits per heavy atom. The van der Waals surface area contributed by atoms with E-state index in [-0.39, 0.29) is 11.6 Å². The zero-order valence-electron chi connectivity index (χ0n) is 16.5. The van der Waals surface area contributed by atoms with Crippen molar-refractivity contribution in [3.8, 4) is 6.07 Å². The molecule has 0 saturated carbocycles. The van der Waals surface area contributed by atoms with Gasteiger partial charge in [-0.2, -0.15) is 5.26 Å². The number of anilines is 2. The lowest BCUT2D eigenvalue weighted by Crippen LogP contribution is -2.46. The zero-order chi connectivity index (χ0) is 20.8. The number of hydrogen-bond donors (Lipinski definition) is 1. The molecule has 1 fully saturated rings. The summed E-state index contributed by atoms with van der Waals surface area (Å²) in [6.07, 6.45) is 3.12. The first-order valence-corrected chi connectivity index (χ1v) is 9.87. The molecule has 1 saturated heterocycles. The molecule has 1 amide bonds. The summed E-state index contributed by atoms with van der Waals surface area (Å²) in [6, 6.07) is 19.4. The molecule has 4 rings (SSSR count). The third-order valence-electron chi connectivity index (χ3n) is 5.11. The second-order valence-corrected chi connectivity index (χ2v) is 7.12. The van der Waals surface area contributed by atoms with E-state index >= 15 is 0 Å². The van der Waals surface area contributed by atoms with Crippen LogP contribution in [0.25, 0.3) is 0 Å². The number of carbonyl (C=O) groups is 1. The van der Waals surface area contributed by atoms with Crippen molar-refractivity contribution < 1.29 is 4.79 Å². The Labute approximate surface area is 175 Å². The second kappa shape index (κ2) is 9.16. The van der Waals surface area contributed by atoms with Gasteiger partial charge in [0.15, 0.2) is 0 Å². The first-order chi connectivity index (χ1) is 14.7. The van der Waals surface area contributed by atoms with Crippen LogP contribution in [-0.2, 0) is 6.54 Å². The lowest BCUT2D eigenvalue weighted by atomic mass is 10.2. The van der Waals surface area contributed by atoms with Gasteiger partial charge in [-0.25, -0.2) is 9.97 Å². The molecular formula is C23H22N6O. The number of nitrogens with one attached hydrogen (secondary N) is 1. The van der Waals surface area contributed by atoms with Gasteiger partial charge < -0.3 is 10.2 Å². The normalized spacial score (nSPS) is 14.2. The molecule has 0 radical (unpaired) electrons. The summed E-state index contributed by atoms with van der Waals surface area (Å²) in [7, 11) is 0. The first-order valence-electron chi connectivity index (χ1n) is 9.87. The Bertz CT molecular complexity index is 1040. The van der Waals surface area contributed by atoms with Gasteiger partial charge in [0.25, 0.3) is 5.91 Å². The smallest absolute Gasteiger partial charge is 0.275 e. The number of nitriles is 1. The summed E-state index contributed by atoms with van der Waals surface area (Å²) < 4.78 is 0. The molecular weight excluding hydrogens is 376 g/mol. The van der Waals surface area contributed by atoms with Crippen LogP contribution in [0, 0.1) is 11.3 Å². The van der Waals surface area contributed by atoms with Gasteiger partial charge in [0, 0.05) is 32.7 Å². The van der Waals surface area contributed by atoms with E-state index < -0.39 is 0 Å². The average molecular weight is 398 g/mol. The van der Waals surface area contributed by atoms with Gasteiger partial charge in [-0.05, 0) is 17.7 Å². The molecule has 2 aromatic carbocycles. The van der Waals surface area contributed by atoms with Crippen LogP contribution in [0.4, 0.5) is 11.5 Å². The minimum atomic E-state index is -0.385.